The highest BCUT2D eigenvalue weighted by Crippen LogP contribution is 2.16. The first kappa shape index (κ1) is 13.7. The van der Waals surface area contributed by atoms with Crippen molar-refractivity contribution in [2.24, 2.45) is 0 Å². The van der Waals surface area contributed by atoms with Crippen molar-refractivity contribution in [3.8, 4) is 0 Å². The SMILES string of the molecule is CCn1cc(Br)cc1C(=O)Nc1nc(C)cc(C)n1. The highest BCUT2D eigenvalue weighted by molar-refractivity contribution is 9.10. The molecule has 0 radical (unpaired) electrons. The molecule has 2 aromatic heterocycles. The number of amides is 1. The van der Waals surface area contributed by atoms with Gasteiger partial charge in [0.1, 0.15) is 5.69 Å². The van der Waals surface area contributed by atoms with Gasteiger partial charge in [-0.05, 0) is 48.8 Å². The quantitative estimate of drug-likeness (QED) is 0.945. The van der Waals surface area contributed by atoms with Crippen LogP contribution in [0.2, 0.25) is 0 Å². The Morgan fingerprint density at radius 2 is 1.95 bits per heavy atom. The molecule has 0 bridgehead atoms. The molecule has 1 N–H and O–H groups in total. The number of nitrogens with one attached hydrogen (secondary N) is 1. The standard InChI is InChI=1S/C13H15BrN4O/c1-4-18-7-10(14)6-11(18)12(19)17-13-15-8(2)5-9(3)16-13/h5-7H,4H2,1-3H3,(H,15,16,17,19). The number of aromatic nitrogens is 3. The third kappa shape index (κ3) is 3.20. The van der Waals surface area contributed by atoms with Gasteiger partial charge >= 0.3 is 0 Å². The lowest BCUT2D eigenvalue weighted by Crippen LogP contribution is -2.18. The monoisotopic (exact) mass is 322 g/mol. The maximum absolute atomic E-state index is 12.2. The van der Waals surface area contributed by atoms with Gasteiger partial charge in [0, 0.05) is 28.6 Å². The summed E-state index contributed by atoms with van der Waals surface area (Å²) < 4.78 is 2.74. The zero-order chi connectivity index (χ0) is 14.0. The first-order chi connectivity index (χ1) is 8.99. The van der Waals surface area contributed by atoms with E-state index in [0.717, 1.165) is 22.4 Å². The second kappa shape index (κ2) is 5.52. The molecule has 19 heavy (non-hydrogen) atoms. The molecule has 0 aromatic carbocycles. The Morgan fingerprint density at radius 1 is 1.32 bits per heavy atom. The number of carbonyl (C=O) groups excluding carboxylic acids is 1. The van der Waals surface area contributed by atoms with Gasteiger partial charge < -0.3 is 4.57 Å². The minimum Gasteiger partial charge on any atom is -0.343 e. The molecule has 5 nitrogen and oxygen atoms in total. The van der Waals surface area contributed by atoms with E-state index in [4.69, 9.17) is 0 Å². The summed E-state index contributed by atoms with van der Waals surface area (Å²) in [6.45, 7) is 6.45. The molecule has 0 fully saturated rings. The summed E-state index contributed by atoms with van der Waals surface area (Å²) in [5.74, 6) is 0.125. The number of aryl methyl sites for hydroxylation is 3. The molecule has 0 unspecified atom stereocenters. The lowest BCUT2D eigenvalue weighted by molar-refractivity contribution is 0.101. The zero-order valence-corrected chi connectivity index (χ0v) is 12.7. The summed E-state index contributed by atoms with van der Waals surface area (Å²) in [7, 11) is 0. The van der Waals surface area contributed by atoms with Gasteiger partial charge in [0.05, 0.1) is 0 Å². The number of halogens is 1. The van der Waals surface area contributed by atoms with Crippen LogP contribution in [0.25, 0.3) is 0 Å². The van der Waals surface area contributed by atoms with E-state index in [-0.39, 0.29) is 5.91 Å². The van der Waals surface area contributed by atoms with Crippen LogP contribution in [0.1, 0.15) is 28.8 Å². The van der Waals surface area contributed by atoms with Crippen molar-refractivity contribution >= 4 is 27.8 Å². The van der Waals surface area contributed by atoms with Crippen molar-refractivity contribution in [2.75, 3.05) is 5.32 Å². The fourth-order valence-corrected chi connectivity index (χ4v) is 2.34. The molecule has 0 atom stereocenters. The summed E-state index contributed by atoms with van der Waals surface area (Å²) >= 11 is 3.37. The summed E-state index contributed by atoms with van der Waals surface area (Å²) in [6, 6.07) is 3.64. The van der Waals surface area contributed by atoms with Crippen LogP contribution < -0.4 is 5.32 Å². The van der Waals surface area contributed by atoms with Crippen LogP contribution >= 0.6 is 15.9 Å². The van der Waals surface area contributed by atoms with Crippen LogP contribution in [0.15, 0.2) is 22.8 Å². The van der Waals surface area contributed by atoms with Gasteiger partial charge in [0.2, 0.25) is 5.95 Å². The first-order valence-corrected chi connectivity index (χ1v) is 6.78. The smallest absolute Gasteiger partial charge is 0.274 e. The van der Waals surface area contributed by atoms with Gasteiger partial charge in [-0.25, -0.2) is 9.97 Å². The van der Waals surface area contributed by atoms with Gasteiger partial charge in [0.15, 0.2) is 0 Å². The minimum atomic E-state index is -0.211. The molecule has 0 saturated heterocycles. The summed E-state index contributed by atoms with van der Waals surface area (Å²) in [5, 5.41) is 2.73. The summed E-state index contributed by atoms with van der Waals surface area (Å²) in [5.41, 5.74) is 2.24. The topological polar surface area (TPSA) is 59.8 Å². The van der Waals surface area contributed by atoms with Crippen molar-refractivity contribution in [3.63, 3.8) is 0 Å². The molecule has 0 aliphatic heterocycles. The molecule has 0 saturated carbocycles. The molecule has 2 rings (SSSR count). The van der Waals surface area contributed by atoms with Gasteiger partial charge in [0.25, 0.3) is 5.91 Å². The Kier molecular flexibility index (Phi) is 3.99. The third-order valence-corrected chi connectivity index (χ3v) is 3.08. The van der Waals surface area contributed by atoms with Crippen molar-refractivity contribution in [1.29, 1.82) is 0 Å². The molecule has 2 heterocycles. The molecule has 2 aromatic rings. The molecule has 0 aliphatic rings. The van der Waals surface area contributed by atoms with Crippen LogP contribution in [0.3, 0.4) is 0 Å². The van der Waals surface area contributed by atoms with Crippen LogP contribution in [-0.2, 0) is 6.54 Å². The van der Waals surface area contributed by atoms with E-state index in [0.29, 0.717) is 11.6 Å². The predicted octanol–water partition coefficient (Wildman–Crippen LogP) is 2.93. The van der Waals surface area contributed by atoms with E-state index in [1.54, 1.807) is 6.07 Å². The number of hydrogen-bond donors (Lipinski definition) is 1. The van der Waals surface area contributed by atoms with Crippen LogP contribution in [0.5, 0.6) is 0 Å². The van der Waals surface area contributed by atoms with Crippen molar-refractivity contribution < 1.29 is 4.79 Å². The Morgan fingerprint density at radius 3 is 2.53 bits per heavy atom. The van der Waals surface area contributed by atoms with Crippen molar-refractivity contribution in [1.82, 2.24) is 14.5 Å². The fourth-order valence-electron chi connectivity index (χ4n) is 1.87. The van der Waals surface area contributed by atoms with Crippen molar-refractivity contribution in [3.05, 3.63) is 39.9 Å². The van der Waals surface area contributed by atoms with Gasteiger partial charge in [-0.2, -0.15) is 0 Å². The molecular formula is C13H15BrN4O. The Bertz CT molecular complexity index is 601. The minimum absolute atomic E-state index is 0.211. The predicted molar refractivity (Wildman–Crippen MR) is 77.3 cm³/mol. The number of hydrogen-bond acceptors (Lipinski definition) is 3. The first-order valence-electron chi connectivity index (χ1n) is 5.99. The Balaban J connectivity index is 2.25. The third-order valence-electron chi connectivity index (χ3n) is 2.64. The van der Waals surface area contributed by atoms with Crippen LogP contribution in [-0.4, -0.2) is 20.4 Å². The normalized spacial score (nSPS) is 10.5. The lowest BCUT2D eigenvalue weighted by Gasteiger charge is -2.07. The largest absolute Gasteiger partial charge is 0.343 e. The maximum Gasteiger partial charge on any atom is 0.274 e. The van der Waals surface area contributed by atoms with Gasteiger partial charge in [-0.15, -0.1) is 0 Å². The molecule has 0 spiro atoms. The number of rotatable bonds is 3. The Labute approximate surface area is 120 Å². The van der Waals surface area contributed by atoms with Gasteiger partial charge in [-0.3, -0.25) is 10.1 Å². The van der Waals surface area contributed by atoms with E-state index >= 15 is 0 Å². The molecular weight excluding hydrogens is 308 g/mol. The average Bonchev–Trinajstić information content (AvgIpc) is 2.69. The number of anilines is 1. The zero-order valence-electron chi connectivity index (χ0n) is 11.1. The second-order valence-corrected chi connectivity index (χ2v) is 5.17. The van der Waals surface area contributed by atoms with E-state index < -0.39 is 0 Å². The fraction of sp³-hybridized carbons (Fsp3) is 0.308. The van der Waals surface area contributed by atoms with E-state index in [2.05, 4.69) is 31.2 Å². The average molecular weight is 323 g/mol. The van der Waals surface area contributed by atoms with E-state index in [9.17, 15) is 4.79 Å². The summed E-state index contributed by atoms with van der Waals surface area (Å²) in [6.07, 6.45) is 1.87. The van der Waals surface area contributed by atoms with E-state index in [1.165, 1.54) is 0 Å². The molecule has 0 aliphatic carbocycles. The van der Waals surface area contributed by atoms with E-state index in [1.807, 2.05) is 37.6 Å². The lowest BCUT2D eigenvalue weighted by atomic mass is 10.3. The van der Waals surface area contributed by atoms with Crippen LogP contribution in [0, 0.1) is 13.8 Å². The highest BCUT2D eigenvalue weighted by atomic mass is 79.9. The highest BCUT2D eigenvalue weighted by Gasteiger charge is 2.13. The number of nitrogens with zero attached hydrogens (tertiary/aromatic N) is 3. The molecule has 6 heteroatoms. The summed E-state index contributed by atoms with van der Waals surface area (Å²) in [4.78, 5) is 20.6. The Hall–Kier alpha value is -1.69. The molecule has 100 valence electrons. The van der Waals surface area contributed by atoms with Gasteiger partial charge in [-0.1, -0.05) is 0 Å². The molecule has 1 amide bonds. The number of carbonyl (C=O) groups is 1. The maximum atomic E-state index is 12.2. The second-order valence-electron chi connectivity index (χ2n) is 4.26. The van der Waals surface area contributed by atoms with Crippen molar-refractivity contribution in [2.45, 2.75) is 27.3 Å². The van der Waals surface area contributed by atoms with Crippen LogP contribution in [0.4, 0.5) is 5.95 Å².